The fourth-order valence-electron chi connectivity index (χ4n) is 4.44. The van der Waals surface area contributed by atoms with Gasteiger partial charge in [0.05, 0.1) is 24.8 Å². The number of aromatic nitrogens is 1. The van der Waals surface area contributed by atoms with Gasteiger partial charge >= 0.3 is 12.1 Å². The van der Waals surface area contributed by atoms with Crippen molar-refractivity contribution in [3.63, 3.8) is 0 Å². The summed E-state index contributed by atoms with van der Waals surface area (Å²) in [6.45, 7) is 3.25. The van der Waals surface area contributed by atoms with Crippen LogP contribution in [0.1, 0.15) is 30.0 Å². The van der Waals surface area contributed by atoms with E-state index in [-0.39, 0.29) is 18.7 Å². The lowest BCUT2D eigenvalue weighted by atomic mass is 9.94. The van der Waals surface area contributed by atoms with E-state index in [0.29, 0.717) is 52.6 Å². The van der Waals surface area contributed by atoms with E-state index >= 15 is 0 Å². The Morgan fingerprint density at radius 2 is 2.27 bits per heavy atom. The van der Waals surface area contributed by atoms with Crippen LogP contribution in [-0.2, 0) is 14.3 Å². The Labute approximate surface area is 201 Å². The maximum absolute atomic E-state index is 13.8. The maximum Gasteiger partial charge on any atom is 0.410 e. The summed E-state index contributed by atoms with van der Waals surface area (Å²) in [5, 5.41) is 2.55. The van der Waals surface area contributed by atoms with Crippen molar-refractivity contribution in [1.29, 1.82) is 0 Å². The Morgan fingerprint density at radius 1 is 1.42 bits per heavy atom. The molecule has 0 aliphatic carbocycles. The predicted octanol–water partition coefficient (Wildman–Crippen LogP) is 3.89. The number of rotatable bonds is 5. The molecule has 5 rings (SSSR count). The Balaban J connectivity index is 1.66. The number of benzene rings is 1. The topological polar surface area (TPSA) is 84.3 Å². The van der Waals surface area contributed by atoms with Crippen LogP contribution >= 0.6 is 27.3 Å². The van der Waals surface area contributed by atoms with E-state index in [2.05, 4.69) is 20.9 Å². The lowest BCUT2D eigenvalue weighted by Crippen LogP contribution is -2.40. The number of thiazole rings is 1. The SMILES string of the molecule is CCOC(=O)C1=C2C[C@H](N3CCOC3=O)CN2C(c2nccs2)=N[C@H]1c1ccc(F)cc1Br. The first-order chi connectivity index (χ1) is 16.0. The van der Waals surface area contributed by atoms with Crippen LogP contribution in [0.25, 0.3) is 0 Å². The molecule has 0 saturated carbocycles. The van der Waals surface area contributed by atoms with Crippen LogP contribution in [-0.4, -0.2) is 65.0 Å². The smallest absolute Gasteiger partial charge is 0.410 e. The number of carbonyl (C=O) groups excluding carboxylic acids is 2. The molecule has 2 atom stereocenters. The fraction of sp³-hybridized carbons (Fsp3) is 0.364. The molecular weight excluding hydrogens is 515 g/mol. The van der Waals surface area contributed by atoms with Gasteiger partial charge in [-0.05, 0) is 24.6 Å². The van der Waals surface area contributed by atoms with E-state index in [4.69, 9.17) is 14.5 Å². The quantitative estimate of drug-likeness (QED) is 0.541. The number of hydrogen-bond donors (Lipinski definition) is 0. The van der Waals surface area contributed by atoms with Crippen LogP contribution in [0.15, 0.2) is 50.5 Å². The van der Waals surface area contributed by atoms with E-state index in [1.807, 2.05) is 10.3 Å². The highest BCUT2D eigenvalue weighted by molar-refractivity contribution is 9.10. The molecule has 2 aromatic rings. The Bertz CT molecular complexity index is 1170. The van der Waals surface area contributed by atoms with Crippen LogP contribution in [0.4, 0.5) is 9.18 Å². The molecule has 0 N–H and O–H groups in total. The van der Waals surface area contributed by atoms with Crippen molar-refractivity contribution in [3.05, 3.63) is 61.9 Å². The second-order valence-corrected chi connectivity index (χ2v) is 9.46. The van der Waals surface area contributed by atoms with Crippen LogP contribution < -0.4 is 0 Å². The lowest BCUT2D eigenvalue weighted by molar-refractivity contribution is -0.139. The van der Waals surface area contributed by atoms with Crippen LogP contribution in [0.5, 0.6) is 0 Å². The highest BCUT2D eigenvalue weighted by Crippen LogP contribution is 2.43. The van der Waals surface area contributed by atoms with Crippen molar-refractivity contribution in [3.8, 4) is 0 Å². The second-order valence-electron chi connectivity index (χ2n) is 7.72. The molecule has 1 aromatic carbocycles. The molecule has 2 fully saturated rings. The van der Waals surface area contributed by atoms with Crippen LogP contribution in [0, 0.1) is 5.82 Å². The number of aliphatic imine (C=N–C) groups is 1. The number of esters is 1. The van der Waals surface area contributed by atoms with Crippen molar-refractivity contribution in [2.75, 3.05) is 26.3 Å². The third-order valence-corrected chi connectivity index (χ3v) is 7.30. The monoisotopic (exact) mass is 534 g/mol. The third kappa shape index (κ3) is 3.93. The number of carbonyl (C=O) groups is 2. The van der Waals surface area contributed by atoms with Crippen LogP contribution in [0.3, 0.4) is 0 Å². The summed E-state index contributed by atoms with van der Waals surface area (Å²) in [6.07, 6.45) is 1.79. The highest BCUT2D eigenvalue weighted by atomic mass is 79.9. The molecule has 1 amide bonds. The number of hydrogen-bond acceptors (Lipinski definition) is 8. The van der Waals surface area contributed by atoms with Gasteiger partial charge in [0.1, 0.15) is 18.5 Å². The summed E-state index contributed by atoms with van der Waals surface area (Å²) in [6, 6.07) is 3.42. The van der Waals surface area contributed by atoms with Crippen LogP contribution in [0.2, 0.25) is 0 Å². The number of nitrogens with zero attached hydrogens (tertiary/aromatic N) is 4. The largest absolute Gasteiger partial charge is 0.463 e. The van der Waals surface area contributed by atoms with Gasteiger partial charge in [-0.2, -0.15) is 0 Å². The number of fused-ring (bicyclic) bond motifs is 1. The number of ether oxygens (including phenoxy) is 2. The Kier molecular flexibility index (Phi) is 5.92. The van der Waals surface area contributed by atoms with Gasteiger partial charge in [-0.3, -0.25) is 9.89 Å². The summed E-state index contributed by atoms with van der Waals surface area (Å²) in [4.78, 5) is 38.5. The summed E-state index contributed by atoms with van der Waals surface area (Å²) >= 11 is 4.87. The first-order valence-corrected chi connectivity index (χ1v) is 12.2. The molecule has 8 nitrogen and oxygen atoms in total. The maximum atomic E-state index is 13.8. The van der Waals surface area contributed by atoms with E-state index in [9.17, 15) is 14.0 Å². The Hall–Kier alpha value is -2.79. The summed E-state index contributed by atoms with van der Waals surface area (Å²) in [5.41, 5.74) is 1.77. The molecule has 3 aliphatic rings. The minimum atomic E-state index is -0.714. The molecular formula is C22H20BrFN4O4S. The van der Waals surface area contributed by atoms with Gasteiger partial charge in [-0.1, -0.05) is 22.0 Å². The zero-order valence-electron chi connectivity index (χ0n) is 17.7. The lowest BCUT2D eigenvalue weighted by Gasteiger charge is -2.31. The highest BCUT2D eigenvalue weighted by Gasteiger charge is 2.45. The molecule has 3 aliphatic heterocycles. The molecule has 0 unspecified atom stereocenters. The first-order valence-electron chi connectivity index (χ1n) is 10.5. The predicted molar refractivity (Wildman–Crippen MR) is 122 cm³/mol. The van der Waals surface area contributed by atoms with Gasteiger partial charge in [0.25, 0.3) is 0 Å². The van der Waals surface area contributed by atoms with Gasteiger partial charge < -0.3 is 14.4 Å². The molecule has 11 heteroatoms. The molecule has 33 heavy (non-hydrogen) atoms. The molecule has 0 radical (unpaired) electrons. The van der Waals surface area contributed by atoms with Gasteiger partial charge in [0.2, 0.25) is 0 Å². The molecule has 4 heterocycles. The minimum Gasteiger partial charge on any atom is -0.463 e. The zero-order chi connectivity index (χ0) is 23.1. The van der Waals surface area contributed by atoms with E-state index in [0.717, 1.165) is 5.70 Å². The Morgan fingerprint density at radius 3 is 2.94 bits per heavy atom. The fourth-order valence-corrected chi connectivity index (χ4v) is 5.65. The number of amidine groups is 1. The van der Waals surface area contributed by atoms with Crippen molar-refractivity contribution in [2.24, 2.45) is 4.99 Å². The second kappa shape index (κ2) is 8.86. The molecule has 1 aromatic heterocycles. The standard InChI is InChI=1S/C22H20BrFN4O4S/c1-2-31-21(29)17-16-10-13(27-6-7-32-22(27)30)11-28(16)19(20-25-5-8-33-20)26-18(17)14-4-3-12(24)9-15(14)23/h3-5,8-9,13,18H,2,6-7,10-11H2,1H3/t13-,18-/m0/s1. The average Bonchev–Trinajstić information content (AvgIpc) is 3.53. The van der Waals surface area contributed by atoms with Gasteiger partial charge in [-0.25, -0.2) is 19.0 Å². The van der Waals surface area contributed by atoms with Crippen molar-refractivity contribution < 1.29 is 23.5 Å². The third-order valence-electron chi connectivity index (χ3n) is 5.85. The summed E-state index contributed by atoms with van der Waals surface area (Å²) in [5.74, 6) is -0.263. The van der Waals surface area contributed by atoms with Gasteiger partial charge in [0.15, 0.2) is 10.8 Å². The van der Waals surface area contributed by atoms with E-state index in [1.165, 1.54) is 23.5 Å². The summed E-state index contributed by atoms with van der Waals surface area (Å²) < 4.78 is 24.9. The average molecular weight is 535 g/mol. The normalized spacial score (nSPS) is 22.4. The number of cyclic esters (lactones) is 1. The van der Waals surface area contributed by atoms with Crippen molar-refractivity contribution >= 4 is 45.2 Å². The molecule has 0 bridgehead atoms. The van der Waals surface area contributed by atoms with Gasteiger partial charge in [-0.15, -0.1) is 11.3 Å². The van der Waals surface area contributed by atoms with Crippen molar-refractivity contribution in [1.82, 2.24) is 14.8 Å². The molecule has 2 saturated heterocycles. The molecule has 0 spiro atoms. The number of amides is 1. The number of halogens is 2. The van der Waals surface area contributed by atoms with Crippen molar-refractivity contribution in [2.45, 2.75) is 25.4 Å². The summed E-state index contributed by atoms with van der Waals surface area (Å²) in [7, 11) is 0. The minimum absolute atomic E-state index is 0.181. The zero-order valence-corrected chi connectivity index (χ0v) is 20.1. The molecule has 172 valence electrons. The van der Waals surface area contributed by atoms with Gasteiger partial charge in [0, 0.05) is 34.7 Å². The first kappa shape index (κ1) is 22.0. The van der Waals surface area contributed by atoms with E-state index in [1.54, 1.807) is 24.1 Å². The van der Waals surface area contributed by atoms with E-state index < -0.39 is 17.8 Å².